The minimum Gasteiger partial charge on any atom is -0.378 e. The minimum atomic E-state index is -0.135. The van der Waals surface area contributed by atoms with Gasteiger partial charge in [0.25, 0.3) is 5.91 Å². The highest BCUT2D eigenvalue weighted by molar-refractivity contribution is 7.12. The third kappa shape index (κ3) is 3.08. The van der Waals surface area contributed by atoms with Crippen molar-refractivity contribution < 1.29 is 9.53 Å². The number of rotatable bonds is 3. The van der Waals surface area contributed by atoms with Crippen molar-refractivity contribution in [1.29, 1.82) is 0 Å². The standard InChI is InChI=1S/C17H16N4O2S/c22-17(12-1-6-15-16(11-12)24-20-19-15)18-13-2-4-14(5-3-13)21-7-9-23-10-8-21/h1-6,11H,7-10H2,(H,18,22). The normalized spacial score (nSPS) is 14.8. The number of anilines is 2. The van der Waals surface area contributed by atoms with E-state index in [-0.39, 0.29) is 5.91 Å². The summed E-state index contributed by atoms with van der Waals surface area (Å²) in [6.45, 7) is 3.31. The van der Waals surface area contributed by atoms with Crippen molar-refractivity contribution in [2.24, 2.45) is 0 Å². The van der Waals surface area contributed by atoms with Crippen LogP contribution >= 0.6 is 11.5 Å². The molecule has 0 saturated carbocycles. The molecule has 7 heteroatoms. The number of carbonyl (C=O) groups excluding carboxylic acids is 1. The Bertz CT molecular complexity index is 856. The number of hydrogen-bond acceptors (Lipinski definition) is 6. The van der Waals surface area contributed by atoms with E-state index in [0.717, 1.165) is 47.9 Å². The third-order valence-corrected chi connectivity index (χ3v) is 4.70. The summed E-state index contributed by atoms with van der Waals surface area (Å²) in [5.74, 6) is -0.135. The summed E-state index contributed by atoms with van der Waals surface area (Å²) < 4.78 is 10.2. The van der Waals surface area contributed by atoms with Crippen LogP contribution in [0.25, 0.3) is 10.2 Å². The highest BCUT2D eigenvalue weighted by Gasteiger charge is 2.12. The summed E-state index contributed by atoms with van der Waals surface area (Å²) in [6, 6.07) is 13.3. The second kappa shape index (κ2) is 6.54. The molecule has 2 aromatic carbocycles. The van der Waals surface area contributed by atoms with Crippen LogP contribution in [0.1, 0.15) is 10.4 Å². The molecular formula is C17H16N4O2S. The average Bonchev–Trinajstić information content (AvgIpc) is 3.11. The molecule has 24 heavy (non-hydrogen) atoms. The zero-order valence-corrected chi connectivity index (χ0v) is 13.8. The molecule has 122 valence electrons. The molecule has 4 rings (SSSR count). The van der Waals surface area contributed by atoms with Crippen LogP contribution in [0.4, 0.5) is 11.4 Å². The predicted octanol–water partition coefficient (Wildman–Crippen LogP) is 2.78. The van der Waals surface area contributed by atoms with Gasteiger partial charge in [0, 0.05) is 30.0 Å². The lowest BCUT2D eigenvalue weighted by Gasteiger charge is -2.28. The predicted molar refractivity (Wildman–Crippen MR) is 94.8 cm³/mol. The fourth-order valence-electron chi connectivity index (χ4n) is 2.70. The van der Waals surface area contributed by atoms with Crippen molar-refractivity contribution in [2.45, 2.75) is 0 Å². The summed E-state index contributed by atoms with van der Waals surface area (Å²) in [7, 11) is 0. The van der Waals surface area contributed by atoms with Gasteiger partial charge in [-0.3, -0.25) is 4.79 Å². The quantitative estimate of drug-likeness (QED) is 0.794. The van der Waals surface area contributed by atoms with E-state index in [9.17, 15) is 4.79 Å². The Hall–Kier alpha value is -2.51. The van der Waals surface area contributed by atoms with E-state index in [2.05, 4.69) is 19.8 Å². The van der Waals surface area contributed by atoms with Gasteiger partial charge >= 0.3 is 0 Å². The molecule has 1 aliphatic rings. The smallest absolute Gasteiger partial charge is 0.255 e. The Labute approximate surface area is 143 Å². The van der Waals surface area contributed by atoms with Gasteiger partial charge in [-0.05, 0) is 54.0 Å². The molecule has 0 bridgehead atoms. The first-order valence-corrected chi connectivity index (χ1v) is 8.53. The van der Waals surface area contributed by atoms with Gasteiger partial charge in [0.05, 0.1) is 17.9 Å². The molecule has 3 aromatic rings. The lowest BCUT2D eigenvalue weighted by atomic mass is 10.2. The Morgan fingerprint density at radius 1 is 1.12 bits per heavy atom. The second-order valence-electron chi connectivity index (χ2n) is 5.56. The topological polar surface area (TPSA) is 67.4 Å². The number of fused-ring (bicyclic) bond motifs is 1. The molecule has 1 saturated heterocycles. The molecule has 0 radical (unpaired) electrons. The minimum absolute atomic E-state index is 0.135. The number of nitrogens with one attached hydrogen (secondary N) is 1. The van der Waals surface area contributed by atoms with Crippen LogP contribution in [-0.4, -0.2) is 41.8 Å². The fraction of sp³-hybridized carbons (Fsp3) is 0.235. The summed E-state index contributed by atoms with van der Waals surface area (Å²) in [5.41, 5.74) is 3.34. The highest BCUT2D eigenvalue weighted by Crippen LogP contribution is 2.21. The number of ether oxygens (including phenoxy) is 1. The Kier molecular flexibility index (Phi) is 4.10. The largest absolute Gasteiger partial charge is 0.378 e. The highest BCUT2D eigenvalue weighted by atomic mass is 32.1. The maximum absolute atomic E-state index is 12.4. The van der Waals surface area contributed by atoms with Gasteiger partial charge in [-0.2, -0.15) is 0 Å². The Balaban J connectivity index is 1.46. The van der Waals surface area contributed by atoms with Crippen molar-refractivity contribution in [3.05, 3.63) is 48.0 Å². The van der Waals surface area contributed by atoms with Crippen LogP contribution in [0.5, 0.6) is 0 Å². The SMILES string of the molecule is O=C(Nc1ccc(N2CCOCC2)cc1)c1ccc2nnsc2c1. The van der Waals surface area contributed by atoms with Gasteiger partial charge in [-0.25, -0.2) is 0 Å². The van der Waals surface area contributed by atoms with Crippen molar-refractivity contribution >= 4 is 39.0 Å². The number of amides is 1. The first kappa shape index (κ1) is 15.0. The van der Waals surface area contributed by atoms with Crippen molar-refractivity contribution in [1.82, 2.24) is 9.59 Å². The maximum atomic E-state index is 12.4. The molecule has 0 aliphatic carbocycles. The number of benzene rings is 2. The number of morpholine rings is 1. The molecule has 1 aromatic heterocycles. The van der Waals surface area contributed by atoms with Gasteiger partial charge < -0.3 is 15.0 Å². The third-order valence-electron chi connectivity index (χ3n) is 4.01. The van der Waals surface area contributed by atoms with Crippen molar-refractivity contribution in [2.75, 3.05) is 36.5 Å². The van der Waals surface area contributed by atoms with Gasteiger partial charge in [0.1, 0.15) is 5.52 Å². The molecule has 1 amide bonds. The van der Waals surface area contributed by atoms with Crippen molar-refractivity contribution in [3.63, 3.8) is 0 Å². The summed E-state index contributed by atoms with van der Waals surface area (Å²) in [5, 5.41) is 6.91. The van der Waals surface area contributed by atoms with E-state index in [1.54, 1.807) is 6.07 Å². The molecule has 1 aliphatic heterocycles. The number of hydrogen-bond donors (Lipinski definition) is 1. The van der Waals surface area contributed by atoms with E-state index < -0.39 is 0 Å². The van der Waals surface area contributed by atoms with E-state index in [1.807, 2.05) is 36.4 Å². The first-order chi connectivity index (χ1) is 11.8. The number of carbonyl (C=O) groups is 1. The fourth-order valence-corrected chi connectivity index (χ4v) is 3.30. The van der Waals surface area contributed by atoms with Crippen LogP contribution < -0.4 is 10.2 Å². The monoisotopic (exact) mass is 340 g/mol. The molecule has 0 spiro atoms. The van der Waals surface area contributed by atoms with Crippen LogP contribution in [-0.2, 0) is 4.74 Å². The van der Waals surface area contributed by atoms with Gasteiger partial charge in [-0.1, -0.05) is 4.49 Å². The zero-order valence-electron chi connectivity index (χ0n) is 12.9. The van der Waals surface area contributed by atoms with Crippen LogP contribution in [0.3, 0.4) is 0 Å². The van der Waals surface area contributed by atoms with Crippen molar-refractivity contribution in [3.8, 4) is 0 Å². The van der Waals surface area contributed by atoms with Gasteiger partial charge in [0.15, 0.2) is 0 Å². The van der Waals surface area contributed by atoms with Gasteiger partial charge in [0.2, 0.25) is 0 Å². The summed E-state index contributed by atoms with van der Waals surface area (Å²) in [4.78, 5) is 14.7. The molecule has 1 fully saturated rings. The van der Waals surface area contributed by atoms with Crippen LogP contribution in [0.2, 0.25) is 0 Å². The van der Waals surface area contributed by atoms with E-state index in [4.69, 9.17) is 4.74 Å². The maximum Gasteiger partial charge on any atom is 0.255 e. The molecule has 0 unspecified atom stereocenters. The van der Waals surface area contributed by atoms with Crippen LogP contribution in [0.15, 0.2) is 42.5 Å². The lowest BCUT2D eigenvalue weighted by molar-refractivity contribution is 0.102. The molecule has 6 nitrogen and oxygen atoms in total. The second-order valence-corrected chi connectivity index (χ2v) is 6.34. The molecule has 0 atom stereocenters. The average molecular weight is 340 g/mol. The zero-order chi connectivity index (χ0) is 16.4. The van der Waals surface area contributed by atoms with Crippen LogP contribution in [0, 0.1) is 0 Å². The summed E-state index contributed by atoms with van der Waals surface area (Å²) in [6.07, 6.45) is 0. The number of nitrogens with zero attached hydrogens (tertiary/aromatic N) is 3. The first-order valence-electron chi connectivity index (χ1n) is 7.76. The van der Waals surface area contributed by atoms with E-state index >= 15 is 0 Å². The lowest BCUT2D eigenvalue weighted by Crippen LogP contribution is -2.36. The van der Waals surface area contributed by atoms with E-state index in [1.165, 1.54) is 11.5 Å². The number of aromatic nitrogens is 2. The molecular weight excluding hydrogens is 324 g/mol. The Morgan fingerprint density at radius 2 is 1.92 bits per heavy atom. The Morgan fingerprint density at radius 3 is 2.71 bits per heavy atom. The summed E-state index contributed by atoms with van der Waals surface area (Å²) >= 11 is 1.29. The van der Waals surface area contributed by atoms with Gasteiger partial charge in [-0.15, -0.1) is 5.10 Å². The van der Waals surface area contributed by atoms with E-state index in [0.29, 0.717) is 5.56 Å². The molecule has 2 heterocycles. The molecule has 1 N–H and O–H groups in total.